The Morgan fingerprint density at radius 3 is 1.94 bits per heavy atom. The van der Waals surface area contributed by atoms with Crippen molar-refractivity contribution in [1.29, 1.82) is 0 Å². The van der Waals surface area contributed by atoms with Crippen LogP contribution in [0.25, 0.3) is 0 Å². The Kier molecular flexibility index (Phi) is 7.78. The van der Waals surface area contributed by atoms with Gasteiger partial charge in [0.2, 0.25) is 11.8 Å². The molecule has 0 saturated heterocycles. The van der Waals surface area contributed by atoms with Crippen LogP contribution in [0.4, 0.5) is 26.3 Å². The maximum absolute atomic E-state index is 12.9. The number of pyridine rings is 1. The van der Waals surface area contributed by atoms with Gasteiger partial charge in [-0.05, 0) is 30.3 Å². The summed E-state index contributed by atoms with van der Waals surface area (Å²) in [6.45, 7) is 0.120. The summed E-state index contributed by atoms with van der Waals surface area (Å²) < 4.78 is 77.1. The lowest BCUT2D eigenvalue weighted by atomic mass is 10.0. The van der Waals surface area contributed by atoms with E-state index < -0.39 is 53.2 Å². The van der Waals surface area contributed by atoms with E-state index in [0.717, 1.165) is 0 Å². The predicted octanol–water partition coefficient (Wildman–Crippen LogP) is 2.98. The van der Waals surface area contributed by atoms with Crippen LogP contribution in [0.3, 0.4) is 0 Å². The van der Waals surface area contributed by atoms with Gasteiger partial charge in [-0.25, -0.2) is 0 Å². The van der Waals surface area contributed by atoms with Crippen molar-refractivity contribution in [2.75, 3.05) is 0 Å². The molecule has 0 atom stereocenters. The average Bonchev–Trinajstić information content (AvgIpc) is 2.73. The van der Waals surface area contributed by atoms with Crippen molar-refractivity contribution in [2.45, 2.75) is 31.7 Å². The summed E-state index contributed by atoms with van der Waals surface area (Å²) in [5.74, 6) is -2.78. The monoisotopic (exact) mass is 462 g/mol. The number of amides is 3. The molecule has 13 heteroatoms. The van der Waals surface area contributed by atoms with E-state index in [9.17, 15) is 40.7 Å². The third-order valence-corrected chi connectivity index (χ3v) is 3.94. The van der Waals surface area contributed by atoms with E-state index in [1.807, 2.05) is 5.43 Å². The Bertz CT molecular complexity index is 945. The van der Waals surface area contributed by atoms with E-state index in [4.69, 9.17) is 0 Å². The van der Waals surface area contributed by atoms with Gasteiger partial charge in [-0.15, -0.1) is 0 Å². The number of alkyl halides is 6. The van der Waals surface area contributed by atoms with E-state index in [1.54, 1.807) is 23.6 Å². The summed E-state index contributed by atoms with van der Waals surface area (Å²) in [6, 6.07) is 5.39. The number of rotatable bonds is 6. The lowest BCUT2D eigenvalue weighted by Gasteiger charge is -2.14. The fourth-order valence-corrected chi connectivity index (χ4v) is 2.35. The fourth-order valence-electron chi connectivity index (χ4n) is 2.35. The van der Waals surface area contributed by atoms with E-state index >= 15 is 0 Å². The minimum atomic E-state index is -5.12. The Balaban J connectivity index is 1.90. The highest BCUT2D eigenvalue weighted by Gasteiger charge is 2.37. The maximum Gasteiger partial charge on any atom is 0.416 e. The van der Waals surface area contributed by atoms with Gasteiger partial charge in [0.05, 0.1) is 23.4 Å². The van der Waals surface area contributed by atoms with Crippen LogP contribution in [0.15, 0.2) is 42.6 Å². The van der Waals surface area contributed by atoms with Gasteiger partial charge >= 0.3 is 12.4 Å². The van der Waals surface area contributed by atoms with Crippen LogP contribution in [0.5, 0.6) is 0 Å². The highest BCUT2D eigenvalue weighted by atomic mass is 19.4. The predicted molar refractivity (Wildman–Crippen MR) is 97.4 cm³/mol. The first kappa shape index (κ1) is 24.6. The SMILES string of the molecule is O=C(CCC(=O)NNC(=O)c1cc(C(F)(F)F)cc(C(F)(F)F)c1)NCc1ccccn1. The molecule has 0 fully saturated rings. The van der Waals surface area contributed by atoms with Crippen molar-refractivity contribution in [3.8, 4) is 0 Å². The Morgan fingerprint density at radius 1 is 0.812 bits per heavy atom. The van der Waals surface area contributed by atoms with Gasteiger partial charge in [0.1, 0.15) is 0 Å². The smallest absolute Gasteiger partial charge is 0.350 e. The number of carbonyl (C=O) groups is 3. The molecule has 1 aromatic heterocycles. The molecular weight excluding hydrogens is 446 g/mol. The molecule has 0 spiro atoms. The molecule has 3 amide bonds. The topological polar surface area (TPSA) is 100 Å². The number of hydrogen-bond donors (Lipinski definition) is 3. The van der Waals surface area contributed by atoms with Crippen molar-refractivity contribution in [3.05, 3.63) is 65.0 Å². The first-order chi connectivity index (χ1) is 14.9. The second-order valence-corrected chi connectivity index (χ2v) is 6.39. The van der Waals surface area contributed by atoms with Crippen molar-refractivity contribution < 1.29 is 40.7 Å². The average molecular weight is 462 g/mol. The molecule has 172 valence electrons. The van der Waals surface area contributed by atoms with Gasteiger partial charge in [0.15, 0.2) is 0 Å². The standard InChI is InChI=1S/C19H16F6N4O3/c20-18(21,22)12-7-11(8-13(9-12)19(23,24)25)17(32)29-28-16(31)5-4-15(30)27-10-14-3-1-2-6-26-14/h1-3,6-9H,4-5,10H2,(H,27,30)(H,28,31)(H,29,32). The van der Waals surface area contributed by atoms with Crippen molar-refractivity contribution >= 4 is 17.7 Å². The van der Waals surface area contributed by atoms with E-state index in [-0.39, 0.29) is 31.2 Å². The van der Waals surface area contributed by atoms with E-state index in [2.05, 4.69) is 10.3 Å². The largest absolute Gasteiger partial charge is 0.416 e. The summed E-state index contributed by atoms with van der Waals surface area (Å²) in [7, 11) is 0. The molecule has 7 nitrogen and oxygen atoms in total. The van der Waals surface area contributed by atoms with Crippen LogP contribution in [-0.2, 0) is 28.5 Å². The minimum Gasteiger partial charge on any atom is -0.350 e. The molecule has 0 bridgehead atoms. The lowest BCUT2D eigenvalue weighted by molar-refractivity contribution is -0.143. The number of aromatic nitrogens is 1. The van der Waals surface area contributed by atoms with Gasteiger partial charge in [-0.2, -0.15) is 26.3 Å². The number of benzene rings is 1. The number of hydrogen-bond acceptors (Lipinski definition) is 4. The zero-order valence-electron chi connectivity index (χ0n) is 16.1. The van der Waals surface area contributed by atoms with Crippen LogP contribution in [-0.4, -0.2) is 22.7 Å². The van der Waals surface area contributed by atoms with Crippen LogP contribution in [0.1, 0.15) is 40.0 Å². The summed E-state index contributed by atoms with van der Waals surface area (Å²) in [5.41, 5.74) is -0.167. The molecule has 3 N–H and O–H groups in total. The van der Waals surface area contributed by atoms with Crippen LogP contribution in [0.2, 0.25) is 0 Å². The van der Waals surface area contributed by atoms with Crippen molar-refractivity contribution in [1.82, 2.24) is 21.2 Å². The maximum atomic E-state index is 12.9. The third kappa shape index (κ3) is 7.56. The van der Waals surface area contributed by atoms with Gasteiger partial charge in [0, 0.05) is 24.6 Å². The van der Waals surface area contributed by atoms with E-state index in [1.165, 1.54) is 6.20 Å². The molecule has 0 saturated carbocycles. The molecule has 2 aromatic rings. The molecule has 1 aromatic carbocycles. The first-order valence-corrected chi connectivity index (χ1v) is 8.91. The second-order valence-electron chi connectivity index (χ2n) is 6.39. The van der Waals surface area contributed by atoms with Gasteiger partial charge in [-0.3, -0.25) is 30.2 Å². The molecule has 0 unspecified atom stereocenters. The number of nitrogens with one attached hydrogen (secondary N) is 3. The zero-order chi connectivity index (χ0) is 23.9. The number of nitrogens with zero attached hydrogens (tertiary/aromatic N) is 1. The van der Waals surface area contributed by atoms with Gasteiger partial charge in [0.25, 0.3) is 5.91 Å². The number of carbonyl (C=O) groups excluding carboxylic acids is 3. The number of hydrazine groups is 1. The lowest BCUT2D eigenvalue weighted by Crippen LogP contribution is -2.42. The van der Waals surface area contributed by atoms with Crippen LogP contribution < -0.4 is 16.2 Å². The third-order valence-electron chi connectivity index (χ3n) is 3.94. The molecule has 0 aliphatic carbocycles. The van der Waals surface area contributed by atoms with Crippen LogP contribution >= 0.6 is 0 Å². The van der Waals surface area contributed by atoms with Crippen molar-refractivity contribution in [3.63, 3.8) is 0 Å². The zero-order valence-corrected chi connectivity index (χ0v) is 16.1. The summed E-state index contributed by atoms with van der Waals surface area (Å²) in [6.07, 6.45) is -9.40. The van der Waals surface area contributed by atoms with Gasteiger partial charge < -0.3 is 5.32 Å². The molecule has 2 rings (SSSR count). The van der Waals surface area contributed by atoms with Crippen LogP contribution in [0, 0.1) is 0 Å². The highest BCUT2D eigenvalue weighted by Crippen LogP contribution is 2.36. The number of halogens is 6. The Morgan fingerprint density at radius 2 is 1.41 bits per heavy atom. The summed E-state index contributed by atoms with van der Waals surface area (Å²) >= 11 is 0. The Hall–Kier alpha value is -3.64. The molecule has 1 heterocycles. The highest BCUT2D eigenvalue weighted by molar-refractivity contribution is 5.96. The van der Waals surface area contributed by atoms with Gasteiger partial charge in [-0.1, -0.05) is 6.07 Å². The summed E-state index contributed by atoms with van der Waals surface area (Å²) in [4.78, 5) is 39.4. The Labute approximate surface area is 177 Å². The molecular formula is C19H16F6N4O3. The molecule has 0 radical (unpaired) electrons. The second kappa shape index (κ2) is 10.1. The van der Waals surface area contributed by atoms with Crippen molar-refractivity contribution in [2.24, 2.45) is 0 Å². The normalized spacial score (nSPS) is 11.6. The minimum absolute atomic E-state index is 0.120. The quantitative estimate of drug-likeness (QED) is 0.454. The molecule has 0 aliphatic heterocycles. The summed E-state index contributed by atoms with van der Waals surface area (Å²) in [5, 5.41) is 2.50. The van der Waals surface area contributed by atoms with E-state index in [0.29, 0.717) is 5.69 Å². The first-order valence-electron chi connectivity index (χ1n) is 8.91. The molecule has 32 heavy (non-hydrogen) atoms. The fraction of sp³-hybridized carbons (Fsp3) is 0.263. The molecule has 0 aliphatic rings.